The van der Waals surface area contributed by atoms with Crippen molar-refractivity contribution in [3.8, 4) is 34.2 Å². The second-order valence-electron chi connectivity index (χ2n) is 6.82. The highest BCUT2D eigenvalue weighted by Gasteiger charge is 2.37. The summed E-state index contributed by atoms with van der Waals surface area (Å²) in [7, 11) is -1.48. The molecule has 2 aromatic heterocycles. The van der Waals surface area contributed by atoms with Crippen molar-refractivity contribution in [1.29, 1.82) is 0 Å². The molecule has 2 heterocycles. The first-order valence-electron chi connectivity index (χ1n) is 9.12. The van der Waals surface area contributed by atoms with Gasteiger partial charge in [0.25, 0.3) is 0 Å². The van der Waals surface area contributed by atoms with Crippen molar-refractivity contribution in [3.63, 3.8) is 0 Å². The molecule has 9 nitrogen and oxygen atoms in total. The second-order valence-corrected chi connectivity index (χ2v) is 8.38. The van der Waals surface area contributed by atoms with E-state index in [4.69, 9.17) is 19.0 Å². The highest BCUT2D eigenvalue weighted by molar-refractivity contribution is 7.89. The summed E-state index contributed by atoms with van der Waals surface area (Å²) in [6, 6.07) is 6.95. The number of hydrogen-bond donors (Lipinski definition) is 2. The van der Waals surface area contributed by atoms with Gasteiger partial charge in [0.2, 0.25) is 15.8 Å². The molecule has 0 atom stereocenters. The maximum absolute atomic E-state index is 13.6. The van der Waals surface area contributed by atoms with Gasteiger partial charge in [-0.1, -0.05) is 0 Å². The number of primary sulfonamides is 1. The van der Waals surface area contributed by atoms with Crippen molar-refractivity contribution in [2.45, 2.75) is 11.1 Å². The Kier molecular flexibility index (Phi) is 5.25. The van der Waals surface area contributed by atoms with Gasteiger partial charge in [0.15, 0.2) is 17.0 Å². The fourth-order valence-corrected chi connectivity index (χ4v) is 3.95. The number of aromatic nitrogens is 2. The number of sulfonamides is 1. The molecule has 0 aliphatic heterocycles. The Morgan fingerprint density at radius 2 is 1.73 bits per heavy atom. The Morgan fingerprint density at radius 1 is 1.09 bits per heavy atom. The number of hydrogen-bond acceptors (Lipinski definition) is 7. The molecule has 0 fully saturated rings. The predicted octanol–water partition coefficient (Wildman–Crippen LogP) is 3.67. The van der Waals surface area contributed by atoms with Crippen LogP contribution in [0.25, 0.3) is 27.9 Å². The standard InChI is InChI=1S/C20H16F3N3O6S/c1-30-17-12-7-8-32-18(12)19(31-2)16(27)15(17)13-9-14(20(21,22)23)25-26(13)10-3-5-11(6-4-10)33(24,28)29/h3-9,27H,1-2H3,(H2,24,28,29). The molecule has 0 radical (unpaired) electrons. The molecule has 0 aliphatic rings. The SMILES string of the molecule is COc1c(-c2cc(C(F)(F)F)nn2-c2ccc(S(N)(=O)=O)cc2)c(O)c(OC)c2occc12. The van der Waals surface area contributed by atoms with Crippen molar-refractivity contribution in [2.24, 2.45) is 5.14 Å². The lowest BCUT2D eigenvalue weighted by Gasteiger charge is -2.16. The first-order valence-corrected chi connectivity index (χ1v) is 10.7. The number of rotatable bonds is 5. The quantitative estimate of drug-likeness (QED) is 0.443. The van der Waals surface area contributed by atoms with E-state index in [2.05, 4.69) is 5.10 Å². The summed E-state index contributed by atoms with van der Waals surface area (Å²) in [5, 5.41) is 20.0. The van der Waals surface area contributed by atoms with Gasteiger partial charge in [0.1, 0.15) is 5.75 Å². The second kappa shape index (κ2) is 7.71. The Bertz CT molecular complexity index is 1460. The van der Waals surface area contributed by atoms with E-state index >= 15 is 0 Å². The van der Waals surface area contributed by atoms with Gasteiger partial charge in [0, 0.05) is 0 Å². The van der Waals surface area contributed by atoms with E-state index in [1.807, 2.05) is 0 Å². The van der Waals surface area contributed by atoms with Gasteiger partial charge in [-0.3, -0.25) is 0 Å². The molecule has 0 saturated heterocycles. The minimum Gasteiger partial charge on any atom is -0.504 e. The smallest absolute Gasteiger partial charge is 0.435 e. The van der Waals surface area contributed by atoms with E-state index in [1.54, 1.807) is 0 Å². The molecule has 3 N–H and O–H groups in total. The lowest BCUT2D eigenvalue weighted by Crippen LogP contribution is -2.12. The average molecular weight is 483 g/mol. The molecule has 2 aromatic carbocycles. The molecule has 0 spiro atoms. The van der Waals surface area contributed by atoms with Gasteiger partial charge in [-0.15, -0.1) is 0 Å². The number of phenolic OH excluding ortho intramolecular Hbond substituents is 1. The van der Waals surface area contributed by atoms with Crippen LogP contribution in [0.1, 0.15) is 5.69 Å². The topological polar surface area (TPSA) is 130 Å². The predicted molar refractivity (Wildman–Crippen MR) is 110 cm³/mol. The monoisotopic (exact) mass is 483 g/mol. The van der Waals surface area contributed by atoms with Gasteiger partial charge in [-0.05, 0) is 36.4 Å². The van der Waals surface area contributed by atoms with Crippen molar-refractivity contribution in [1.82, 2.24) is 9.78 Å². The van der Waals surface area contributed by atoms with E-state index in [0.717, 1.165) is 22.9 Å². The van der Waals surface area contributed by atoms with Crippen LogP contribution in [0, 0.1) is 0 Å². The minimum atomic E-state index is -4.81. The zero-order chi connectivity index (χ0) is 24.1. The number of benzene rings is 2. The maximum Gasteiger partial charge on any atom is 0.435 e. The van der Waals surface area contributed by atoms with Gasteiger partial charge in [-0.25, -0.2) is 18.2 Å². The third kappa shape index (κ3) is 3.74. The number of nitrogens with zero attached hydrogens (tertiary/aromatic N) is 2. The summed E-state index contributed by atoms with van der Waals surface area (Å²) in [6.45, 7) is 0. The average Bonchev–Trinajstić information content (AvgIpc) is 3.39. The van der Waals surface area contributed by atoms with Crippen LogP contribution >= 0.6 is 0 Å². The highest BCUT2D eigenvalue weighted by atomic mass is 32.2. The van der Waals surface area contributed by atoms with Crippen molar-refractivity contribution < 1.29 is 40.6 Å². The number of fused-ring (bicyclic) bond motifs is 1. The Labute approximate surface area is 184 Å². The number of nitrogens with two attached hydrogens (primary N) is 1. The fraction of sp³-hybridized carbons (Fsp3) is 0.150. The van der Waals surface area contributed by atoms with Gasteiger partial charge >= 0.3 is 6.18 Å². The molecule has 4 aromatic rings. The number of furan rings is 1. The molecule has 0 saturated carbocycles. The van der Waals surface area contributed by atoms with Crippen LogP contribution in [0.5, 0.6) is 17.2 Å². The zero-order valence-electron chi connectivity index (χ0n) is 17.0. The molecular weight excluding hydrogens is 467 g/mol. The summed E-state index contributed by atoms with van der Waals surface area (Å²) in [6.07, 6.45) is -3.50. The number of alkyl halides is 3. The number of phenols is 1. The summed E-state index contributed by atoms with van der Waals surface area (Å²) < 4.78 is 80.6. The number of ether oxygens (including phenoxy) is 2. The Balaban J connectivity index is 2.06. The molecule has 0 aliphatic carbocycles. The van der Waals surface area contributed by atoms with Crippen LogP contribution in [0.4, 0.5) is 13.2 Å². The van der Waals surface area contributed by atoms with Gasteiger partial charge in [0.05, 0.1) is 47.7 Å². The first-order chi connectivity index (χ1) is 15.5. The summed E-state index contributed by atoms with van der Waals surface area (Å²) in [5.74, 6) is -0.627. The van der Waals surface area contributed by atoms with Crippen LogP contribution in [-0.4, -0.2) is 37.5 Å². The molecule has 13 heteroatoms. The highest BCUT2D eigenvalue weighted by Crippen LogP contribution is 2.51. The third-order valence-electron chi connectivity index (χ3n) is 4.87. The Hall–Kier alpha value is -3.71. The van der Waals surface area contributed by atoms with E-state index < -0.39 is 27.6 Å². The largest absolute Gasteiger partial charge is 0.504 e. The minimum absolute atomic E-state index is 0.0214. The van der Waals surface area contributed by atoms with Crippen LogP contribution in [0.3, 0.4) is 0 Å². The Morgan fingerprint density at radius 3 is 2.27 bits per heavy atom. The van der Waals surface area contributed by atoms with E-state index in [0.29, 0.717) is 5.39 Å². The number of aromatic hydroxyl groups is 1. The van der Waals surface area contributed by atoms with Crippen molar-refractivity contribution in [3.05, 3.63) is 48.4 Å². The molecule has 0 unspecified atom stereocenters. The molecule has 33 heavy (non-hydrogen) atoms. The molecular formula is C20H16F3N3O6S. The van der Waals surface area contributed by atoms with Crippen LogP contribution in [0.15, 0.2) is 52.0 Å². The van der Waals surface area contributed by atoms with Gasteiger partial charge in [-0.2, -0.15) is 18.3 Å². The van der Waals surface area contributed by atoms with E-state index in [9.17, 15) is 26.7 Å². The van der Waals surface area contributed by atoms with E-state index in [-0.39, 0.29) is 38.9 Å². The number of methoxy groups -OCH3 is 2. The van der Waals surface area contributed by atoms with E-state index in [1.165, 1.54) is 38.7 Å². The lowest BCUT2D eigenvalue weighted by atomic mass is 10.0. The molecule has 0 bridgehead atoms. The fourth-order valence-electron chi connectivity index (χ4n) is 3.44. The van der Waals surface area contributed by atoms with Crippen molar-refractivity contribution >= 4 is 21.0 Å². The first kappa shape index (κ1) is 22.5. The van der Waals surface area contributed by atoms with Gasteiger partial charge < -0.3 is 19.0 Å². The summed E-state index contributed by atoms with van der Waals surface area (Å²) >= 11 is 0. The summed E-state index contributed by atoms with van der Waals surface area (Å²) in [5.41, 5.74) is -1.38. The molecule has 4 rings (SSSR count). The van der Waals surface area contributed by atoms with Crippen LogP contribution in [-0.2, 0) is 16.2 Å². The number of halogens is 3. The maximum atomic E-state index is 13.6. The molecule has 174 valence electrons. The summed E-state index contributed by atoms with van der Waals surface area (Å²) in [4.78, 5) is -0.238. The zero-order valence-corrected chi connectivity index (χ0v) is 17.9. The van der Waals surface area contributed by atoms with Crippen molar-refractivity contribution in [2.75, 3.05) is 14.2 Å². The van der Waals surface area contributed by atoms with Crippen LogP contribution < -0.4 is 14.6 Å². The van der Waals surface area contributed by atoms with Crippen LogP contribution in [0.2, 0.25) is 0 Å². The lowest BCUT2D eigenvalue weighted by molar-refractivity contribution is -0.141. The third-order valence-corrected chi connectivity index (χ3v) is 5.80. The molecule has 0 amide bonds. The normalized spacial score (nSPS) is 12.3.